The van der Waals surface area contributed by atoms with E-state index in [4.69, 9.17) is 0 Å². The van der Waals surface area contributed by atoms with E-state index in [-0.39, 0.29) is 5.95 Å². The minimum Gasteiger partial charge on any atom is -0.216 e. The number of aryl methyl sites for hydroxylation is 2. The Kier molecular flexibility index (Phi) is 1.83. The Labute approximate surface area is 79.3 Å². The molecule has 6 nitrogen and oxygen atoms in total. The fraction of sp³-hybridized carbons (Fsp3) is 0.250. The molecule has 0 aliphatic rings. The Morgan fingerprint density at radius 2 is 2.21 bits per heavy atom. The van der Waals surface area contributed by atoms with Crippen LogP contribution < -0.4 is 0 Å². The van der Waals surface area contributed by atoms with Crippen LogP contribution in [0.15, 0.2) is 11.1 Å². The molecule has 2 aromatic rings. The van der Waals surface area contributed by atoms with Crippen molar-refractivity contribution in [2.24, 2.45) is 4.99 Å². The average molecular weight is 189 g/mol. The van der Waals surface area contributed by atoms with Crippen molar-refractivity contribution in [3.63, 3.8) is 0 Å². The van der Waals surface area contributed by atoms with Crippen LogP contribution in [0.3, 0.4) is 0 Å². The monoisotopic (exact) mass is 189 g/mol. The second-order valence-electron chi connectivity index (χ2n) is 2.87. The highest BCUT2D eigenvalue weighted by Crippen LogP contribution is 2.09. The molecule has 0 spiro atoms. The smallest absolute Gasteiger partial charge is 0.216 e. The van der Waals surface area contributed by atoms with Crippen molar-refractivity contribution in [1.82, 2.24) is 19.6 Å². The molecule has 0 unspecified atom stereocenters. The molecule has 2 heterocycles. The van der Waals surface area contributed by atoms with Gasteiger partial charge in [-0.3, -0.25) is 0 Å². The lowest BCUT2D eigenvalue weighted by atomic mass is 10.4. The lowest BCUT2D eigenvalue weighted by Gasteiger charge is -1.96. The SMILES string of the molecule is Cc1cc(C)n2nc(N=C=O)nc2n1. The summed E-state index contributed by atoms with van der Waals surface area (Å²) >= 11 is 0. The number of fused-ring (bicyclic) bond motifs is 1. The summed E-state index contributed by atoms with van der Waals surface area (Å²) in [6, 6.07) is 1.87. The van der Waals surface area contributed by atoms with Gasteiger partial charge in [0.15, 0.2) is 0 Å². The predicted molar refractivity (Wildman–Crippen MR) is 48.0 cm³/mol. The molecule has 0 fully saturated rings. The summed E-state index contributed by atoms with van der Waals surface area (Å²) in [5, 5.41) is 3.96. The molecule has 2 rings (SSSR count). The first-order chi connectivity index (χ1) is 6.70. The number of hydrogen-bond acceptors (Lipinski definition) is 5. The van der Waals surface area contributed by atoms with E-state index in [0.29, 0.717) is 5.78 Å². The quantitative estimate of drug-likeness (QED) is 0.489. The van der Waals surface area contributed by atoms with Crippen molar-refractivity contribution in [3.8, 4) is 0 Å². The van der Waals surface area contributed by atoms with E-state index in [9.17, 15) is 4.79 Å². The van der Waals surface area contributed by atoms with Crippen molar-refractivity contribution in [2.45, 2.75) is 13.8 Å². The Balaban J connectivity index is 2.76. The van der Waals surface area contributed by atoms with Gasteiger partial charge in [-0.25, -0.2) is 9.78 Å². The highest BCUT2D eigenvalue weighted by molar-refractivity contribution is 5.44. The van der Waals surface area contributed by atoms with E-state index < -0.39 is 0 Å². The number of isocyanates is 1. The van der Waals surface area contributed by atoms with E-state index in [1.807, 2.05) is 19.9 Å². The van der Waals surface area contributed by atoms with Crippen LogP contribution in [0.25, 0.3) is 5.78 Å². The summed E-state index contributed by atoms with van der Waals surface area (Å²) in [5.74, 6) is 0.526. The van der Waals surface area contributed by atoms with Crippen LogP contribution in [0, 0.1) is 13.8 Å². The molecule has 0 bridgehead atoms. The van der Waals surface area contributed by atoms with Gasteiger partial charge in [0.2, 0.25) is 6.08 Å². The zero-order valence-electron chi connectivity index (χ0n) is 7.72. The van der Waals surface area contributed by atoms with Crippen LogP contribution in [0.2, 0.25) is 0 Å². The maximum Gasteiger partial charge on any atom is 0.281 e. The number of aliphatic imine (C=N–C) groups is 1. The van der Waals surface area contributed by atoms with E-state index in [2.05, 4.69) is 20.1 Å². The Hall–Kier alpha value is -2.07. The highest BCUT2D eigenvalue weighted by Gasteiger charge is 2.05. The minimum atomic E-state index is 0.0844. The molecule has 0 atom stereocenters. The van der Waals surface area contributed by atoms with Crippen molar-refractivity contribution in [1.29, 1.82) is 0 Å². The third-order valence-electron chi connectivity index (χ3n) is 1.75. The molecular weight excluding hydrogens is 182 g/mol. The average Bonchev–Trinajstić information content (AvgIpc) is 2.48. The summed E-state index contributed by atoms with van der Waals surface area (Å²) in [6.07, 6.45) is 1.39. The summed E-state index contributed by atoms with van der Waals surface area (Å²) in [5.41, 5.74) is 1.75. The first-order valence-electron chi connectivity index (χ1n) is 3.99. The maximum absolute atomic E-state index is 10.0. The van der Waals surface area contributed by atoms with E-state index in [1.54, 1.807) is 0 Å². The van der Waals surface area contributed by atoms with Gasteiger partial charge in [0.25, 0.3) is 11.7 Å². The number of hydrogen-bond donors (Lipinski definition) is 0. The lowest BCUT2D eigenvalue weighted by molar-refractivity contribution is 0.565. The van der Waals surface area contributed by atoms with Crippen LogP contribution in [-0.4, -0.2) is 25.7 Å². The second kappa shape index (κ2) is 3.01. The first-order valence-corrected chi connectivity index (χ1v) is 3.99. The largest absolute Gasteiger partial charge is 0.281 e. The lowest BCUT2D eigenvalue weighted by Crippen LogP contribution is -1.97. The van der Waals surface area contributed by atoms with Gasteiger partial charge >= 0.3 is 0 Å². The van der Waals surface area contributed by atoms with E-state index in [1.165, 1.54) is 10.6 Å². The van der Waals surface area contributed by atoms with Crippen molar-refractivity contribution in [2.75, 3.05) is 0 Å². The van der Waals surface area contributed by atoms with Gasteiger partial charge in [-0.1, -0.05) is 0 Å². The summed E-state index contributed by atoms with van der Waals surface area (Å²) in [6.45, 7) is 3.75. The zero-order chi connectivity index (χ0) is 10.1. The molecule has 14 heavy (non-hydrogen) atoms. The molecule has 0 amide bonds. The Bertz CT molecular complexity index is 538. The fourth-order valence-electron chi connectivity index (χ4n) is 1.24. The number of nitrogens with zero attached hydrogens (tertiary/aromatic N) is 5. The highest BCUT2D eigenvalue weighted by atomic mass is 16.1. The third kappa shape index (κ3) is 1.27. The Morgan fingerprint density at radius 3 is 2.93 bits per heavy atom. The van der Waals surface area contributed by atoms with Gasteiger partial charge in [0.05, 0.1) is 0 Å². The van der Waals surface area contributed by atoms with Crippen LogP contribution >= 0.6 is 0 Å². The van der Waals surface area contributed by atoms with Crippen molar-refractivity contribution >= 4 is 17.8 Å². The third-order valence-corrected chi connectivity index (χ3v) is 1.75. The molecule has 0 saturated heterocycles. The van der Waals surface area contributed by atoms with Gasteiger partial charge < -0.3 is 0 Å². The van der Waals surface area contributed by atoms with Crippen LogP contribution in [0.4, 0.5) is 5.95 Å². The van der Waals surface area contributed by atoms with Gasteiger partial charge in [-0.05, 0) is 19.9 Å². The fourth-order valence-corrected chi connectivity index (χ4v) is 1.24. The van der Waals surface area contributed by atoms with Crippen LogP contribution in [0.5, 0.6) is 0 Å². The molecule has 70 valence electrons. The number of carbonyl (C=O) groups excluding carboxylic acids is 1. The summed E-state index contributed by atoms with van der Waals surface area (Å²) in [4.78, 5) is 21.4. The number of aromatic nitrogens is 4. The molecule has 0 saturated carbocycles. The molecule has 0 N–H and O–H groups in total. The number of rotatable bonds is 1. The maximum atomic E-state index is 10.0. The standard InChI is InChI=1S/C8H7N5O/c1-5-3-6(2)13-8(10-5)11-7(12-13)9-4-14/h3H,1-2H3. The summed E-state index contributed by atoms with van der Waals surface area (Å²) < 4.78 is 1.53. The van der Waals surface area contributed by atoms with E-state index >= 15 is 0 Å². The second-order valence-corrected chi connectivity index (χ2v) is 2.87. The van der Waals surface area contributed by atoms with Gasteiger partial charge in [0.1, 0.15) is 0 Å². The molecule has 2 aromatic heterocycles. The van der Waals surface area contributed by atoms with Crippen LogP contribution in [-0.2, 0) is 4.79 Å². The van der Waals surface area contributed by atoms with Crippen LogP contribution in [0.1, 0.15) is 11.4 Å². The normalized spacial score (nSPS) is 10.1. The predicted octanol–water partition coefficient (Wildman–Crippen LogP) is 0.708. The molecule has 0 radical (unpaired) electrons. The van der Waals surface area contributed by atoms with Gasteiger partial charge in [-0.2, -0.15) is 9.50 Å². The molecule has 0 aliphatic carbocycles. The topological polar surface area (TPSA) is 72.5 Å². The van der Waals surface area contributed by atoms with E-state index in [0.717, 1.165) is 11.4 Å². The first kappa shape index (κ1) is 8.52. The van der Waals surface area contributed by atoms with Crippen molar-refractivity contribution in [3.05, 3.63) is 17.5 Å². The van der Waals surface area contributed by atoms with Gasteiger partial charge in [0, 0.05) is 11.4 Å². The molecule has 0 aliphatic heterocycles. The van der Waals surface area contributed by atoms with Crippen molar-refractivity contribution < 1.29 is 4.79 Å². The molecule has 6 heteroatoms. The Morgan fingerprint density at radius 1 is 1.43 bits per heavy atom. The zero-order valence-corrected chi connectivity index (χ0v) is 7.72. The summed E-state index contributed by atoms with van der Waals surface area (Å²) in [7, 11) is 0. The van der Waals surface area contributed by atoms with Gasteiger partial charge in [-0.15, -0.1) is 10.1 Å². The minimum absolute atomic E-state index is 0.0844. The molecular formula is C8H7N5O. The molecule has 0 aromatic carbocycles.